The standard InChI is InChI=1S/C6H5BrN2O2.BrH/c7-5-3(6(10)11)1-2-4(8)9-5;/h1-2H,(H2,8,9)(H,10,11);1H. The maximum Gasteiger partial charge on any atom is 0.338 e. The number of aromatic carboxylic acids is 1. The molecule has 3 N–H and O–H groups in total. The van der Waals surface area contributed by atoms with Gasteiger partial charge in [0, 0.05) is 0 Å². The number of pyridine rings is 1. The molecular formula is C6H6Br2N2O2. The minimum Gasteiger partial charge on any atom is -0.478 e. The summed E-state index contributed by atoms with van der Waals surface area (Å²) in [6, 6.07) is 2.84. The molecule has 0 fully saturated rings. The van der Waals surface area contributed by atoms with Gasteiger partial charge in [-0.1, -0.05) is 0 Å². The molecule has 0 aliphatic heterocycles. The fraction of sp³-hybridized carbons (Fsp3) is 0. The quantitative estimate of drug-likeness (QED) is 0.774. The first-order valence-corrected chi connectivity index (χ1v) is 3.56. The molecule has 0 spiro atoms. The predicted octanol–water partition coefficient (Wildman–Crippen LogP) is 1.70. The van der Waals surface area contributed by atoms with E-state index in [1.807, 2.05) is 0 Å². The third kappa shape index (κ3) is 2.46. The van der Waals surface area contributed by atoms with Crippen LogP contribution in [-0.2, 0) is 0 Å². The molecule has 1 aromatic heterocycles. The van der Waals surface area contributed by atoms with Gasteiger partial charge in [-0.15, -0.1) is 17.0 Å². The number of nitrogen functional groups attached to an aromatic ring is 1. The highest BCUT2D eigenvalue weighted by molar-refractivity contribution is 9.10. The molecule has 0 aliphatic carbocycles. The van der Waals surface area contributed by atoms with Crippen molar-refractivity contribution in [2.75, 3.05) is 5.73 Å². The van der Waals surface area contributed by atoms with Crippen molar-refractivity contribution in [1.82, 2.24) is 4.98 Å². The van der Waals surface area contributed by atoms with E-state index >= 15 is 0 Å². The highest BCUT2D eigenvalue weighted by Crippen LogP contribution is 2.14. The van der Waals surface area contributed by atoms with Crippen LogP contribution in [0.3, 0.4) is 0 Å². The van der Waals surface area contributed by atoms with Crippen molar-refractivity contribution in [3.63, 3.8) is 0 Å². The topological polar surface area (TPSA) is 76.2 Å². The van der Waals surface area contributed by atoms with E-state index in [1.165, 1.54) is 12.1 Å². The molecular weight excluding hydrogens is 292 g/mol. The molecule has 66 valence electrons. The van der Waals surface area contributed by atoms with Crippen LogP contribution in [0, 0.1) is 0 Å². The second-order valence-corrected chi connectivity index (χ2v) is 2.63. The number of nitrogens with zero attached hydrogens (tertiary/aromatic N) is 1. The molecule has 0 aromatic carbocycles. The second-order valence-electron chi connectivity index (χ2n) is 1.88. The minimum absolute atomic E-state index is 0. The summed E-state index contributed by atoms with van der Waals surface area (Å²) in [7, 11) is 0. The molecule has 0 saturated carbocycles. The molecule has 0 atom stereocenters. The Bertz CT molecular complexity index is 304. The van der Waals surface area contributed by atoms with Crippen molar-refractivity contribution >= 4 is 44.7 Å². The third-order valence-electron chi connectivity index (χ3n) is 1.10. The van der Waals surface area contributed by atoms with E-state index in [4.69, 9.17) is 10.8 Å². The van der Waals surface area contributed by atoms with Crippen molar-refractivity contribution < 1.29 is 9.90 Å². The summed E-state index contributed by atoms with van der Waals surface area (Å²) >= 11 is 2.98. The molecule has 0 aliphatic rings. The number of nitrogens with two attached hydrogens (primary N) is 1. The van der Waals surface area contributed by atoms with Crippen LogP contribution in [-0.4, -0.2) is 16.1 Å². The summed E-state index contributed by atoms with van der Waals surface area (Å²) in [6.45, 7) is 0. The van der Waals surface area contributed by atoms with Crippen molar-refractivity contribution in [3.05, 3.63) is 22.3 Å². The monoisotopic (exact) mass is 296 g/mol. The van der Waals surface area contributed by atoms with Gasteiger partial charge in [-0.05, 0) is 28.1 Å². The van der Waals surface area contributed by atoms with E-state index in [0.717, 1.165) is 0 Å². The number of halogens is 2. The zero-order valence-corrected chi connectivity index (χ0v) is 9.12. The number of anilines is 1. The van der Waals surface area contributed by atoms with Gasteiger partial charge in [0.05, 0.1) is 5.56 Å². The van der Waals surface area contributed by atoms with E-state index in [0.29, 0.717) is 5.82 Å². The van der Waals surface area contributed by atoms with Gasteiger partial charge in [-0.2, -0.15) is 0 Å². The van der Waals surface area contributed by atoms with Gasteiger partial charge in [0.1, 0.15) is 10.4 Å². The van der Waals surface area contributed by atoms with Crippen molar-refractivity contribution in [1.29, 1.82) is 0 Å². The lowest BCUT2D eigenvalue weighted by Gasteiger charge is -1.97. The molecule has 0 amide bonds. The first kappa shape index (κ1) is 11.4. The highest BCUT2D eigenvalue weighted by atomic mass is 79.9. The predicted molar refractivity (Wildman–Crippen MR) is 53.6 cm³/mol. The van der Waals surface area contributed by atoms with Gasteiger partial charge >= 0.3 is 5.97 Å². The Kier molecular flexibility index (Phi) is 4.19. The van der Waals surface area contributed by atoms with Crippen LogP contribution in [0.5, 0.6) is 0 Å². The average molecular weight is 298 g/mol. The van der Waals surface area contributed by atoms with Crippen LogP contribution < -0.4 is 5.73 Å². The molecule has 0 radical (unpaired) electrons. The number of aromatic nitrogens is 1. The highest BCUT2D eigenvalue weighted by Gasteiger charge is 2.08. The SMILES string of the molecule is Br.Nc1ccc(C(=O)O)c(Br)n1. The molecule has 12 heavy (non-hydrogen) atoms. The van der Waals surface area contributed by atoms with E-state index in [-0.39, 0.29) is 27.1 Å². The van der Waals surface area contributed by atoms with Gasteiger partial charge in [-0.25, -0.2) is 9.78 Å². The normalized spacial score (nSPS) is 8.75. The van der Waals surface area contributed by atoms with Crippen molar-refractivity contribution in [3.8, 4) is 0 Å². The molecule has 0 saturated heterocycles. The van der Waals surface area contributed by atoms with Gasteiger partial charge < -0.3 is 10.8 Å². The number of hydrogen-bond acceptors (Lipinski definition) is 3. The second kappa shape index (κ2) is 4.42. The largest absolute Gasteiger partial charge is 0.478 e. The number of hydrogen-bond donors (Lipinski definition) is 2. The molecule has 1 rings (SSSR count). The van der Waals surface area contributed by atoms with E-state index in [2.05, 4.69) is 20.9 Å². The molecule has 1 heterocycles. The summed E-state index contributed by atoms with van der Waals surface area (Å²) in [5, 5.41) is 8.55. The zero-order chi connectivity index (χ0) is 8.43. The van der Waals surface area contributed by atoms with Gasteiger partial charge in [0.25, 0.3) is 0 Å². The fourth-order valence-electron chi connectivity index (χ4n) is 0.608. The summed E-state index contributed by atoms with van der Waals surface area (Å²) < 4.78 is 0.255. The Hall–Kier alpha value is -0.620. The molecule has 4 nitrogen and oxygen atoms in total. The number of carbonyl (C=O) groups is 1. The summed E-state index contributed by atoms with van der Waals surface area (Å²) in [4.78, 5) is 14.1. The van der Waals surface area contributed by atoms with Crippen molar-refractivity contribution in [2.45, 2.75) is 0 Å². The van der Waals surface area contributed by atoms with Crippen LogP contribution in [0.2, 0.25) is 0 Å². The Balaban J connectivity index is 0.00000121. The van der Waals surface area contributed by atoms with Crippen LogP contribution in [0.15, 0.2) is 16.7 Å². The van der Waals surface area contributed by atoms with E-state index in [9.17, 15) is 4.79 Å². The first-order valence-electron chi connectivity index (χ1n) is 2.76. The Morgan fingerprint density at radius 2 is 2.17 bits per heavy atom. The maximum absolute atomic E-state index is 10.4. The number of rotatable bonds is 1. The van der Waals surface area contributed by atoms with E-state index < -0.39 is 5.97 Å². The van der Waals surface area contributed by atoms with Gasteiger partial charge in [-0.3, -0.25) is 0 Å². The molecule has 6 heteroatoms. The van der Waals surface area contributed by atoms with Gasteiger partial charge in [0.2, 0.25) is 0 Å². The Morgan fingerprint density at radius 3 is 2.58 bits per heavy atom. The number of carboxylic acid groups (broad SMARTS) is 1. The smallest absolute Gasteiger partial charge is 0.338 e. The Labute approximate surface area is 87.7 Å². The lowest BCUT2D eigenvalue weighted by atomic mass is 10.3. The van der Waals surface area contributed by atoms with Crippen molar-refractivity contribution in [2.24, 2.45) is 0 Å². The zero-order valence-electron chi connectivity index (χ0n) is 5.82. The molecule has 0 bridgehead atoms. The Morgan fingerprint density at radius 1 is 1.58 bits per heavy atom. The number of carboxylic acids is 1. The summed E-state index contributed by atoms with van der Waals surface area (Å²) in [6.07, 6.45) is 0. The van der Waals surface area contributed by atoms with Crippen LogP contribution in [0.4, 0.5) is 5.82 Å². The average Bonchev–Trinajstić information content (AvgIpc) is 1.85. The van der Waals surface area contributed by atoms with Crippen LogP contribution in [0.25, 0.3) is 0 Å². The van der Waals surface area contributed by atoms with Crippen LogP contribution >= 0.6 is 32.9 Å². The lowest BCUT2D eigenvalue weighted by molar-refractivity contribution is 0.0695. The molecule has 0 unspecified atom stereocenters. The maximum atomic E-state index is 10.4. The first-order chi connectivity index (χ1) is 5.11. The van der Waals surface area contributed by atoms with E-state index in [1.54, 1.807) is 0 Å². The summed E-state index contributed by atoms with van der Waals surface area (Å²) in [5.41, 5.74) is 5.40. The lowest BCUT2D eigenvalue weighted by Crippen LogP contribution is -2.00. The van der Waals surface area contributed by atoms with Crippen LogP contribution in [0.1, 0.15) is 10.4 Å². The molecule has 1 aromatic rings. The minimum atomic E-state index is -1.02. The summed E-state index contributed by atoms with van der Waals surface area (Å²) in [5.74, 6) is -0.730. The van der Waals surface area contributed by atoms with Gasteiger partial charge in [0.15, 0.2) is 0 Å². The fourth-order valence-corrected chi connectivity index (χ4v) is 1.11. The third-order valence-corrected chi connectivity index (χ3v) is 1.71.